The fraction of sp³-hybridized carbons (Fsp3) is 0.440. The summed E-state index contributed by atoms with van der Waals surface area (Å²) in [7, 11) is 0. The summed E-state index contributed by atoms with van der Waals surface area (Å²) < 4.78 is 2.02. The maximum atomic E-state index is 13.4. The van der Waals surface area contributed by atoms with Crippen molar-refractivity contribution in [3.8, 4) is 0 Å². The van der Waals surface area contributed by atoms with Gasteiger partial charge in [-0.05, 0) is 67.5 Å². The van der Waals surface area contributed by atoms with Crippen LogP contribution in [0.25, 0.3) is 5.65 Å². The first-order chi connectivity index (χ1) is 15.7. The van der Waals surface area contributed by atoms with E-state index in [1.807, 2.05) is 44.7 Å². The molecule has 3 aromatic rings. The maximum absolute atomic E-state index is 13.4. The normalized spacial score (nSPS) is 23.2. The van der Waals surface area contributed by atoms with Gasteiger partial charge >= 0.3 is 0 Å². The van der Waals surface area contributed by atoms with Crippen molar-refractivity contribution in [2.24, 2.45) is 5.92 Å². The van der Waals surface area contributed by atoms with Crippen molar-refractivity contribution in [3.63, 3.8) is 0 Å². The highest BCUT2D eigenvalue weighted by Crippen LogP contribution is 2.33. The second-order valence-corrected chi connectivity index (χ2v) is 9.32. The van der Waals surface area contributed by atoms with Gasteiger partial charge in [0.05, 0.1) is 5.92 Å². The number of benzene rings is 1. The van der Waals surface area contributed by atoms with Crippen LogP contribution in [0.1, 0.15) is 48.6 Å². The number of aromatic nitrogens is 3. The first kappa shape index (κ1) is 19.5. The summed E-state index contributed by atoms with van der Waals surface area (Å²) in [6.07, 6.45) is 7.60. The average molecular weight is 430 g/mol. The van der Waals surface area contributed by atoms with E-state index >= 15 is 0 Å². The molecule has 32 heavy (non-hydrogen) atoms. The zero-order chi connectivity index (χ0) is 21.7. The highest BCUT2D eigenvalue weighted by atomic mass is 16.2. The summed E-state index contributed by atoms with van der Waals surface area (Å²) in [6, 6.07) is 12.2. The zero-order valence-electron chi connectivity index (χ0n) is 18.1. The topological polar surface area (TPSA) is 70.8 Å². The van der Waals surface area contributed by atoms with E-state index in [2.05, 4.69) is 22.3 Å². The minimum absolute atomic E-state index is 0.0540. The van der Waals surface area contributed by atoms with Gasteiger partial charge in [-0.1, -0.05) is 12.1 Å². The van der Waals surface area contributed by atoms with E-state index in [1.165, 1.54) is 17.5 Å². The number of anilines is 1. The van der Waals surface area contributed by atoms with Crippen LogP contribution in [0, 0.1) is 5.92 Å². The SMILES string of the molecule is O=C([C@@H]1CC(=O)N(c2ccc3c(c2)CCC3)C1)N1CCC[C@H](c2nnc3ccccn23)C1. The molecule has 2 saturated heterocycles. The molecule has 2 amide bonds. The van der Waals surface area contributed by atoms with Crippen molar-refractivity contribution in [1.82, 2.24) is 19.5 Å². The Balaban J connectivity index is 1.17. The van der Waals surface area contributed by atoms with E-state index in [9.17, 15) is 9.59 Å². The highest BCUT2D eigenvalue weighted by molar-refractivity contribution is 6.00. The van der Waals surface area contributed by atoms with E-state index in [4.69, 9.17) is 0 Å². The number of piperidine rings is 1. The average Bonchev–Trinajstić information content (AvgIpc) is 3.56. The Hall–Kier alpha value is -3.22. The van der Waals surface area contributed by atoms with Crippen LogP contribution in [0.3, 0.4) is 0 Å². The third-order valence-electron chi connectivity index (χ3n) is 7.31. The lowest BCUT2D eigenvalue weighted by Crippen LogP contribution is -2.43. The van der Waals surface area contributed by atoms with Gasteiger partial charge in [0, 0.05) is 43.9 Å². The van der Waals surface area contributed by atoms with Crippen LogP contribution in [-0.4, -0.2) is 50.9 Å². The second kappa shape index (κ2) is 7.73. The molecule has 3 aliphatic rings. The fourth-order valence-corrected chi connectivity index (χ4v) is 5.63. The molecule has 0 radical (unpaired) electrons. The Bertz CT molecular complexity index is 1200. The monoisotopic (exact) mass is 429 g/mol. The van der Waals surface area contributed by atoms with Gasteiger partial charge in [0.2, 0.25) is 11.8 Å². The molecule has 2 fully saturated rings. The number of nitrogens with zero attached hydrogens (tertiary/aromatic N) is 5. The molecule has 2 atom stereocenters. The van der Waals surface area contributed by atoms with E-state index in [0.717, 1.165) is 49.4 Å². The second-order valence-electron chi connectivity index (χ2n) is 9.32. The van der Waals surface area contributed by atoms with Crippen LogP contribution in [0.4, 0.5) is 5.69 Å². The molecule has 0 bridgehead atoms. The standard InChI is InChI=1S/C25H27N5O2/c31-23-14-20(16-30(23)21-10-9-17-5-3-6-18(17)13-21)25(32)28-11-4-7-19(15-28)24-27-26-22-8-1-2-12-29(22)24/h1-2,8-10,12-13,19-20H,3-7,11,14-16H2/t19-,20+/m0/s1. The van der Waals surface area contributed by atoms with Crippen LogP contribution in [-0.2, 0) is 22.4 Å². The van der Waals surface area contributed by atoms with Gasteiger partial charge in [-0.15, -0.1) is 10.2 Å². The molecule has 7 nitrogen and oxygen atoms in total. The Morgan fingerprint density at radius 1 is 1.00 bits per heavy atom. The summed E-state index contributed by atoms with van der Waals surface area (Å²) in [5.41, 5.74) is 4.52. The summed E-state index contributed by atoms with van der Waals surface area (Å²) >= 11 is 0. The number of aryl methyl sites for hydroxylation is 2. The first-order valence-corrected chi connectivity index (χ1v) is 11.7. The number of fused-ring (bicyclic) bond motifs is 2. The van der Waals surface area contributed by atoms with Crippen molar-refractivity contribution in [2.45, 2.75) is 44.4 Å². The van der Waals surface area contributed by atoms with Gasteiger partial charge in [0.25, 0.3) is 0 Å². The Morgan fingerprint density at radius 2 is 1.91 bits per heavy atom. The summed E-state index contributed by atoms with van der Waals surface area (Å²) in [5.74, 6) is 0.957. The van der Waals surface area contributed by atoms with E-state index < -0.39 is 0 Å². The number of carbonyl (C=O) groups excluding carboxylic acids is 2. The molecule has 2 aliphatic heterocycles. The summed E-state index contributed by atoms with van der Waals surface area (Å²) in [4.78, 5) is 30.0. The van der Waals surface area contributed by atoms with Crippen molar-refractivity contribution >= 4 is 23.1 Å². The van der Waals surface area contributed by atoms with Gasteiger partial charge in [0.15, 0.2) is 5.65 Å². The molecule has 4 heterocycles. The number of rotatable bonds is 3. The lowest BCUT2D eigenvalue weighted by Gasteiger charge is -2.33. The molecular formula is C25H27N5O2. The predicted octanol–water partition coefficient (Wildman–Crippen LogP) is 2.98. The van der Waals surface area contributed by atoms with Crippen molar-refractivity contribution in [1.29, 1.82) is 0 Å². The van der Waals surface area contributed by atoms with E-state index in [0.29, 0.717) is 19.5 Å². The molecule has 7 heteroatoms. The zero-order valence-corrected chi connectivity index (χ0v) is 18.1. The Morgan fingerprint density at radius 3 is 2.84 bits per heavy atom. The molecule has 1 aliphatic carbocycles. The van der Waals surface area contributed by atoms with Crippen molar-refractivity contribution < 1.29 is 9.59 Å². The lowest BCUT2D eigenvalue weighted by molar-refractivity contribution is -0.137. The van der Waals surface area contributed by atoms with Gasteiger partial charge in [-0.2, -0.15) is 0 Å². The quantitative estimate of drug-likeness (QED) is 0.642. The van der Waals surface area contributed by atoms with Crippen LogP contribution in [0.5, 0.6) is 0 Å². The van der Waals surface area contributed by atoms with E-state index in [1.54, 1.807) is 0 Å². The largest absolute Gasteiger partial charge is 0.342 e. The molecule has 164 valence electrons. The van der Waals surface area contributed by atoms with Gasteiger partial charge in [-0.25, -0.2) is 0 Å². The van der Waals surface area contributed by atoms with Crippen LogP contribution < -0.4 is 4.90 Å². The van der Waals surface area contributed by atoms with Gasteiger partial charge in [-0.3, -0.25) is 14.0 Å². The molecule has 2 aromatic heterocycles. The Kier molecular flexibility index (Phi) is 4.70. The van der Waals surface area contributed by atoms with Gasteiger partial charge < -0.3 is 9.80 Å². The van der Waals surface area contributed by atoms with Crippen molar-refractivity contribution in [2.75, 3.05) is 24.5 Å². The third kappa shape index (κ3) is 3.27. The smallest absolute Gasteiger partial charge is 0.228 e. The summed E-state index contributed by atoms with van der Waals surface area (Å²) in [6.45, 7) is 1.86. The highest BCUT2D eigenvalue weighted by Gasteiger charge is 2.39. The van der Waals surface area contributed by atoms with E-state index in [-0.39, 0.29) is 23.7 Å². The number of amides is 2. The number of likely N-dealkylation sites (tertiary alicyclic amines) is 1. The molecule has 0 saturated carbocycles. The third-order valence-corrected chi connectivity index (χ3v) is 7.31. The van der Waals surface area contributed by atoms with Gasteiger partial charge in [0.1, 0.15) is 5.82 Å². The molecule has 1 aromatic carbocycles. The number of pyridine rings is 1. The van der Waals surface area contributed by atoms with Crippen molar-refractivity contribution in [3.05, 3.63) is 59.5 Å². The first-order valence-electron chi connectivity index (χ1n) is 11.7. The molecule has 0 spiro atoms. The van der Waals surface area contributed by atoms with Crippen LogP contribution in [0.2, 0.25) is 0 Å². The van der Waals surface area contributed by atoms with Crippen LogP contribution in [0.15, 0.2) is 42.6 Å². The minimum atomic E-state index is -0.273. The maximum Gasteiger partial charge on any atom is 0.228 e. The fourth-order valence-electron chi connectivity index (χ4n) is 5.63. The number of hydrogen-bond acceptors (Lipinski definition) is 4. The lowest BCUT2D eigenvalue weighted by atomic mass is 9.95. The molecule has 0 N–H and O–H groups in total. The predicted molar refractivity (Wildman–Crippen MR) is 120 cm³/mol. The van der Waals surface area contributed by atoms with Crippen LogP contribution >= 0.6 is 0 Å². The molecular weight excluding hydrogens is 402 g/mol. The molecule has 6 rings (SSSR count). The minimum Gasteiger partial charge on any atom is -0.342 e. The Labute approximate surface area is 187 Å². The molecule has 0 unspecified atom stereocenters. The number of carbonyl (C=O) groups is 2. The number of hydrogen-bond donors (Lipinski definition) is 0. The summed E-state index contributed by atoms with van der Waals surface area (Å²) in [5, 5.41) is 8.69.